The molecule has 0 aliphatic heterocycles. The van der Waals surface area contributed by atoms with Crippen LogP contribution in [0.15, 0.2) is 53.7 Å². The number of imidazole rings is 1. The summed E-state index contributed by atoms with van der Waals surface area (Å²) >= 11 is 1.34. The van der Waals surface area contributed by atoms with Gasteiger partial charge in [0, 0.05) is 5.69 Å². The molecular formula is C21H23N3O3S. The van der Waals surface area contributed by atoms with Gasteiger partial charge >= 0.3 is 5.97 Å². The van der Waals surface area contributed by atoms with Gasteiger partial charge in [-0.25, -0.2) is 9.78 Å². The van der Waals surface area contributed by atoms with Crippen molar-refractivity contribution in [1.29, 1.82) is 0 Å². The largest absolute Gasteiger partial charge is 0.462 e. The Kier molecular flexibility index (Phi) is 6.71. The molecule has 1 heterocycles. The van der Waals surface area contributed by atoms with Crippen LogP contribution in [-0.2, 0) is 9.53 Å². The fourth-order valence-electron chi connectivity index (χ4n) is 2.49. The van der Waals surface area contributed by atoms with Gasteiger partial charge in [-0.1, -0.05) is 37.7 Å². The molecule has 0 fully saturated rings. The number of hydrogen-bond acceptors (Lipinski definition) is 5. The summed E-state index contributed by atoms with van der Waals surface area (Å²) in [5.74, 6) is 0.234. The van der Waals surface area contributed by atoms with Crippen LogP contribution in [0.4, 0.5) is 5.69 Å². The van der Waals surface area contributed by atoms with Gasteiger partial charge in [-0.3, -0.25) is 4.79 Å². The molecule has 2 N–H and O–H groups in total. The van der Waals surface area contributed by atoms with Gasteiger partial charge in [0.05, 0.1) is 29.0 Å². The second kappa shape index (κ2) is 9.41. The van der Waals surface area contributed by atoms with Crippen molar-refractivity contribution >= 4 is 40.4 Å². The van der Waals surface area contributed by atoms with E-state index in [9.17, 15) is 9.59 Å². The lowest BCUT2D eigenvalue weighted by Crippen LogP contribution is -2.14. The lowest BCUT2D eigenvalue weighted by atomic mass is 10.1. The van der Waals surface area contributed by atoms with E-state index in [-0.39, 0.29) is 17.6 Å². The van der Waals surface area contributed by atoms with E-state index in [0.29, 0.717) is 28.9 Å². The monoisotopic (exact) mass is 397 g/mol. The van der Waals surface area contributed by atoms with Gasteiger partial charge in [0.2, 0.25) is 5.91 Å². The quantitative estimate of drug-likeness (QED) is 0.432. The molecule has 28 heavy (non-hydrogen) atoms. The molecule has 146 valence electrons. The number of aromatic nitrogens is 2. The van der Waals surface area contributed by atoms with Crippen molar-refractivity contribution in [2.75, 3.05) is 17.7 Å². The number of anilines is 1. The third-order valence-electron chi connectivity index (χ3n) is 4.04. The van der Waals surface area contributed by atoms with E-state index in [1.807, 2.05) is 24.3 Å². The van der Waals surface area contributed by atoms with Gasteiger partial charge in [0.1, 0.15) is 0 Å². The zero-order valence-corrected chi connectivity index (χ0v) is 16.7. The Morgan fingerprint density at radius 1 is 1.14 bits per heavy atom. The first-order valence-electron chi connectivity index (χ1n) is 9.16. The van der Waals surface area contributed by atoms with E-state index in [1.165, 1.54) is 11.8 Å². The van der Waals surface area contributed by atoms with Gasteiger partial charge in [-0.05, 0) is 48.7 Å². The van der Waals surface area contributed by atoms with Gasteiger partial charge in [-0.15, -0.1) is 0 Å². The Hall–Kier alpha value is -2.80. The highest BCUT2D eigenvalue weighted by Crippen LogP contribution is 2.19. The summed E-state index contributed by atoms with van der Waals surface area (Å²) in [4.78, 5) is 31.7. The second-order valence-corrected chi connectivity index (χ2v) is 7.76. The Bertz CT molecular complexity index is 918. The number of benzene rings is 2. The third-order valence-corrected chi connectivity index (χ3v) is 4.91. The number of hydrogen-bond donors (Lipinski definition) is 2. The Morgan fingerprint density at radius 2 is 1.89 bits per heavy atom. The number of aromatic amines is 1. The number of amides is 1. The summed E-state index contributed by atoms with van der Waals surface area (Å²) in [5.41, 5.74) is 2.93. The number of carbonyl (C=O) groups is 2. The average molecular weight is 398 g/mol. The Labute approximate surface area is 168 Å². The highest BCUT2D eigenvalue weighted by molar-refractivity contribution is 7.99. The zero-order valence-electron chi connectivity index (χ0n) is 15.9. The van der Waals surface area contributed by atoms with Crippen molar-refractivity contribution in [3.8, 4) is 0 Å². The molecule has 0 spiro atoms. The zero-order chi connectivity index (χ0) is 19.9. The maximum atomic E-state index is 12.2. The lowest BCUT2D eigenvalue weighted by molar-refractivity contribution is -0.113. The van der Waals surface area contributed by atoms with Crippen LogP contribution < -0.4 is 5.32 Å². The average Bonchev–Trinajstić information content (AvgIpc) is 3.09. The Morgan fingerprint density at radius 3 is 2.61 bits per heavy atom. The van der Waals surface area contributed by atoms with Crippen LogP contribution in [0.5, 0.6) is 0 Å². The van der Waals surface area contributed by atoms with Crippen LogP contribution in [-0.4, -0.2) is 34.2 Å². The highest BCUT2D eigenvalue weighted by atomic mass is 32.2. The Balaban J connectivity index is 1.48. The van der Waals surface area contributed by atoms with Crippen molar-refractivity contribution in [1.82, 2.24) is 9.97 Å². The van der Waals surface area contributed by atoms with Crippen molar-refractivity contribution in [2.45, 2.75) is 25.4 Å². The van der Waals surface area contributed by atoms with Crippen molar-refractivity contribution in [3.63, 3.8) is 0 Å². The number of H-pyrrole nitrogens is 1. The molecule has 0 bridgehead atoms. The molecule has 0 unspecified atom stereocenters. The molecule has 3 rings (SSSR count). The van der Waals surface area contributed by atoms with E-state index in [1.54, 1.807) is 24.3 Å². The van der Waals surface area contributed by atoms with E-state index >= 15 is 0 Å². The summed E-state index contributed by atoms with van der Waals surface area (Å²) in [6, 6.07) is 14.4. The SMILES string of the molecule is CC(C)CCOC(=O)c1ccc(NC(=O)CSc2nc3ccccc3[nH]2)cc1. The maximum absolute atomic E-state index is 12.2. The van der Waals surface area contributed by atoms with E-state index < -0.39 is 0 Å². The van der Waals surface area contributed by atoms with Crippen LogP contribution >= 0.6 is 11.8 Å². The second-order valence-electron chi connectivity index (χ2n) is 6.79. The van der Waals surface area contributed by atoms with Crippen LogP contribution in [0, 0.1) is 5.92 Å². The molecule has 0 saturated carbocycles. The number of thioether (sulfide) groups is 1. The summed E-state index contributed by atoms with van der Waals surface area (Å²) in [6.07, 6.45) is 0.836. The molecule has 0 saturated heterocycles. The van der Waals surface area contributed by atoms with Gasteiger partial charge in [-0.2, -0.15) is 0 Å². The van der Waals surface area contributed by atoms with Crippen molar-refractivity contribution < 1.29 is 14.3 Å². The molecule has 0 aliphatic carbocycles. The molecule has 3 aromatic rings. The van der Waals surface area contributed by atoms with E-state index in [4.69, 9.17) is 4.74 Å². The molecule has 1 aromatic heterocycles. The van der Waals surface area contributed by atoms with Gasteiger partial charge in [0.25, 0.3) is 0 Å². The molecule has 6 nitrogen and oxygen atoms in total. The summed E-state index contributed by atoms with van der Waals surface area (Å²) in [7, 11) is 0. The fraction of sp³-hybridized carbons (Fsp3) is 0.286. The summed E-state index contributed by atoms with van der Waals surface area (Å²) in [6.45, 7) is 4.57. The molecule has 2 aromatic carbocycles. The molecular weight excluding hydrogens is 374 g/mol. The van der Waals surface area contributed by atoms with Gasteiger partial charge < -0.3 is 15.0 Å². The normalized spacial score (nSPS) is 11.0. The topological polar surface area (TPSA) is 84.1 Å². The number of nitrogens with zero attached hydrogens (tertiary/aromatic N) is 1. The minimum absolute atomic E-state index is 0.141. The summed E-state index contributed by atoms with van der Waals surface area (Å²) < 4.78 is 5.23. The number of esters is 1. The predicted octanol–water partition coefficient (Wildman–Crippen LogP) is 4.50. The number of nitrogens with one attached hydrogen (secondary N) is 2. The molecule has 1 amide bonds. The minimum atomic E-state index is -0.348. The smallest absolute Gasteiger partial charge is 0.338 e. The first kappa shape index (κ1) is 19.9. The summed E-state index contributed by atoms with van der Waals surface area (Å²) in [5, 5.41) is 3.52. The van der Waals surface area contributed by atoms with Crippen LogP contribution in [0.3, 0.4) is 0 Å². The standard InChI is InChI=1S/C21H23N3O3S/c1-14(2)11-12-27-20(26)15-7-9-16(10-8-15)22-19(25)13-28-21-23-17-5-3-4-6-18(17)24-21/h3-10,14H,11-13H2,1-2H3,(H,22,25)(H,23,24). The number of ether oxygens (including phenoxy) is 1. The molecule has 0 atom stereocenters. The first-order valence-corrected chi connectivity index (χ1v) is 10.1. The van der Waals surface area contributed by atoms with Crippen LogP contribution in [0.2, 0.25) is 0 Å². The number of para-hydroxylation sites is 2. The highest BCUT2D eigenvalue weighted by Gasteiger charge is 2.10. The minimum Gasteiger partial charge on any atom is -0.462 e. The van der Waals surface area contributed by atoms with E-state index in [2.05, 4.69) is 29.1 Å². The van der Waals surface area contributed by atoms with Gasteiger partial charge in [0.15, 0.2) is 5.16 Å². The molecule has 0 aliphatic rings. The lowest BCUT2D eigenvalue weighted by Gasteiger charge is -2.08. The molecule has 0 radical (unpaired) electrons. The maximum Gasteiger partial charge on any atom is 0.338 e. The fourth-order valence-corrected chi connectivity index (χ4v) is 3.17. The van der Waals surface area contributed by atoms with Crippen molar-refractivity contribution in [3.05, 3.63) is 54.1 Å². The third kappa shape index (κ3) is 5.60. The number of fused-ring (bicyclic) bond motifs is 1. The predicted molar refractivity (Wildman–Crippen MR) is 112 cm³/mol. The number of rotatable bonds is 8. The van der Waals surface area contributed by atoms with E-state index in [0.717, 1.165) is 17.5 Å². The first-order chi connectivity index (χ1) is 13.5. The van der Waals surface area contributed by atoms with Crippen LogP contribution in [0.25, 0.3) is 11.0 Å². The molecule has 7 heteroatoms. The van der Waals surface area contributed by atoms with Crippen molar-refractivity contribution in [2.24, 2.45) is 5.92 Å². The number of carbonyl (C=O) groups excluding carboxylic acids is 2. The van der Waals surface area contributed by atoms with Crippen LogP contribution in [0.1, 0.15) is 30.6 Å².